The molecule has 3 heteroatoms. The van der Waals surface area contributed by atoms with Crippen LogP contribution in [0.3, 0.4) is 0 Å². The fourth-order valence-corrected chi connectivity index (χ4v) is 1.16. The molecule has 0 atom stereocenters. The van der Waals surface area contributed by atoms with Crippen LogP contribution in [0.1, 0.15) is 30.9 Å². The molecule has 3 nitrogen and oxygen atoms in total. The monoisotopic (exact) mass is 175 g/mol. The first kappa shape index (κ1) is 9.62. The predicted octanol–water partition coefficient (Wildman–Crippen LogP) is 3.62. The molecule has 0 aliphatic heterocycles. The van der Waals surface area contributed by atoms with E-state index in [0.29, 0.717) is 12.5 Å². The smallest absolute Gasteiger partial charge is 0.0510 e. The fourth-order valence-electron chi connectivity index (χ4n) is 1.16. The lowest BCUT2D eigenvalue weighted by Gasteiger charge is -2.05. The van der Waals surface area contributed by atoms with E-state index in [0.717, 1.165) is 5.56 Å². The van der Waals surface area contributed by atoms with Crippen LogP contribution in [0.5, 0.6) is 0 Å². The third-order valence-corrected chi connectivity index (χ3v) is 1.93. The van der Waals surface area contributed by atoms with Gasteiger partial charge in [0.05, 0.1) is 6.54 Å². The summed E-state index contributed by atoms with van der Waals surface area (Å²) in [6.07, 6.45) is 0. The Bertz CT molecular complexity index is 325. The molecule has 1 aromatic rings. The largest absolute Gasteiger partial charge is 0.0893 e. The molecule has 1 aromatic carbocycles. The van der Waals surface area contributed by atoms with Gasteiger partial charge < -0.3 is 0 Å². The van der Waals surface area contributed by atoms with Crippen LogP contribution in [0.25, 0.3) is 10.4 Å². The van der Waals surface area contributed by atoms with Crippen LogP contribution >= 0.6 is 0 Å². The van der Waals surface area contributed by atoms with Crippen molar-refractivity contribution in [1.29, 1.82) is 0 Å². The molecule has 0 aliphatic carbocycles. The second kappa shape index (κ2) is 4.53. The van der Waals surface area contributed by atoms with Crippen LogP contribution in [0.15, 0.2) is 29.4 Å². The second-order valence-corrected chi connectivity index (χ2v) is 3.29. The van der Waals surface area contributed by atoms with E-state index in [2.05, 4.69) is 36.0 Å². The fraction of sp³-hybridized carbons (Fsp3) is 0.400. The molecule has 0 radical (unpaired) electrons. The van der Waals surface area contributed by atoms with Crippen molar-refractivity contribution >= 4 is 0 Å². The highest BCUT2D eigenvalue weighted by Gasteiger charge is 1.98. The SMILES string of the molecule is CC(C)c1cccc(CN=[N+]=[N-])c1. The predicted molar refractivity (Wildman–Crippen MR) is 53.4 cm³/mol. The number of hydrogen-bond donors (Lipinski definition) is 0. The molecule has 0 spiro atoms. The minimum absolute atomic E-state index is 0.442. The first-order valence-corrected chi connectivity index (χ1v) is 4.33. The van der Waals surface area contributed by atoms with Gasteiger partial charge in [0.1, 0.15) is 0 Å². The summed E-state index contributed by atoms with van der Waals surface area (Å²) in [4.78, 5) is 2.73. The highest BCUT2D eigenvalue weighted by atomic mass is 15.1. The van der Waals surface area contributed by atoms with Gasteiger partial charge in [0.15, 0.2) is 0 Å². The van der Waals surface area contributed by atoms with E-state index in [9.17, 15) is 0 Å². The van der Waals surface area contributed by atoms with Crippen LogP contribution in [0.4, 0.5) is 0 Å². The van der Waals surface area contributed by atoms with Gasteiger partial charge in [-0.1, -0.05) is 43.2 Å². The lowest BCUT2D eigenvalue weighted by Crippen LogP contribution is -1.89. The summed E-state index contributed by atoms with van der Waals surface area (Å²) >= 11 is 0. The lowest BCUT2D eigenvalue weighted by molar-refractivity contribution is 0.861. The molecule has 0 unspecified atom stereocenters. The van der Waals surface area contributed by atoms with E-state index in [-0.39, 0.29) is 0 Å². The van der Waals surface area contributed by atoms with Gasteiger partial charge in [0, 0.05) is 4.91 Å². The quantitative estimate of drug-likeness (QED) is 0.382. The maximum atomic E-state index is 8.16. The summed E-state index contributed by atoms with van der Waals surface area (Å²) in [5.74, 6) is 0.519. The number of benzene rings is 1. The standard InChI is InChI=1S/C10H13N3/c1-8(2)10-5-3-4-9(6-10)7-12-13-11/h3-6,8H,7H2,1-2H3. The molecule has 0 heterocycles. The summed E-state index contributed by atoms with van der Waals surface area (Å²) in [7, 11) is 0. The van der Waals surface area contributed by atoms with E-state index in [1.54, 1.807) is 0 Å². The summed E-state index contributed by atoms with van der Waals surface area (Å²) in [6, 6.07) is 8.14. The van der Waals surface area contributed by atoms with Gasteiger partial charge in [-0.05, 0) is 22.6 Å². The van der Waals surface area contributed by atoms with E-state index in [1.807, 2.05) is 12.1 Å². The molecule has 0 fully saturated rings. The summed E-state index contributed by atoms with van der Waals surface area (Å²) in [6.45, 7) is 4.73. The zero-order chi connectivity index (χ0) is 9.68. The molecule has 13 heavy (non-hydrogen) atoms. The van der Waals surface area contributed by atoms with Crippen molar-refractivity contribution in [3.63, 3.8) is 0 Å². The molecule has 0 saturated carbocycles. The van der Waals surface area contributed by atoms with Crippen LogP contribution in [0, 0.1) is 0 Å². The van der Waals surface area contributed by atoms with Crippen molar-refractivity contribution in [3.8, 4) is 0 Å². The van der Waals surface area contributed by atoms with Gasteiger partial charge in [-0.3, -0.25) is 0 Å². The molecule has 0 bridgehead atoms. The van der Waals surface area contributed by atoms with Gasteiger partial charge in [0.2, 0.25) is 0 Å². The Morgan fingerprint density at radius 1 is 1.46 bits per heavy atom. The summed E-state index contributed by atoms with van der Waals surface area (Å²) < 4.78 is 0. The molecule has 0 N–H and O–H groups in total. The van der Waals surface area contributed by atoms with Crippen molar-refractivity contribution in [1.82, 2.24) is 0 Å². The number of nitrogens with zero attached hydrogens (tertiary/aromatic N) is 3. The maximum Gasteiger partial charge on any atom is 0.0510 e. The van der Waals surface area contributed by atoms with Crippen LogP contribution in [-0.2, 0) is 6.54 Å². The van der Waals surface area contributed by atoms with Gasteiger partial charge >= 0.3 is 0 Å². The Hall–Kier alpha value is -1.47. The molecular weight excluding hydrogens is 162 g/mol. The minimum Gasteiger partial charge on any atom is -0.0893 e. The minimum atomic E-state index is 0.442. The molecule has 0 aromatic heterocycles. The molecule has 0 saturated heterocycles. The maximum absolute atomic E-state index is 8.16. The Balaban J connectivity index is 2.85. The van der Waals surface area contributed by atoms with E-state index in [4.69, 9.17) is 5.53 Å². The zero-order valence-corrected chi connectivity index (χ0v) is 7.94. The Labute approximate surface area is 78.0 Å². The van der Waals surface area contributed by atoms with E-state index in [1.165, 1.54) is 5.56 Å². The third kappa shape index (κ3) is 2.80. The molecule has 68 valence electrons. The average molecular weight is 175 g/mol. The van der Waals surface area contributed by atoms with E-state index < -0.39 is 0 Å². The van der Waals surface area contributed by atoms with Crippen LogP contribution in [-0.4, -0.2) is 0 Å². The topological polar surface area (TPSA) is 48.8 Å². The van der Waals surface area contributed by atoms with Crippen molar-refractivity contribution in [2.24, 2.45) is 5.11 Å². The van der Waals surface area contributed by atoms with Gasteiger partial charge in [-0.15, -0.1) is 0 Å². The van der Waals surface area contributed by atoms with Crippen molar-refractivity contribution in [2.45, 2.75) is 26.3 Å². The van der Waals surface area contributed by atoms with Crippen molar-refractivity contribution in [3.05, 3.63) is 45.8 Å². The molecule has 0 amide bonds. The Kier molecular flexibility index (Phi) is 3.35. The first-order valence-electron chi connectivity index (χ1n) is 4.33. The average Bonchev–Trinajstić information content (AvgIpc) is 2.15. The van der Waals surface area contributed by atoms with Gasteiger partial charge in [0.25, 0.3) is 0 Å². The zero-order valence-electron chi connectivity index (χ0n) is 7.94. The Morgan fingerprint density at radius 3 is 2.85 bits per heavy atom. The van der Waals surface area contributed by atoms with Crippen LogP contribution in [0.2, 0.25) is 0 Å². The first-order chi connectivity index (χ1) is 6.24. The molecule has 0 aliphatic rings. The number of azide groups is 1. The normalized spacial score (nSPS) is 9.77. The molecule has 1 rings (SSSR count). The van der Waals surface area contributed by atoms with Gasteiger partial charge in [-0.2, -0.15) is 0 Å². The highest BCUT2D eigenvalue weighted by Crippen LogP contribution is 2.15. The van der Waals surface area contributed by atoms with Crippen LogP contribution < -0.4 is 0 Å². The van der Waals surface area contributed by atoms with Crippen molar-refractivity contribution < 1.29 is 0 Å². The number of rotatable bonds is 3. The lowest BCUT2D eigenvalue weighted by atomic mass is 10.0. The third-order valence-electron chi connectivity index (χ3n) is 1.93. The highest BCUT2D eigenvalue weighted by molar-refractivity contribution is 5.25. The number of hydrogen-bond acceptors (Lipinski definition) is 1. The summed E-state index contributed by atoms with van der Waals surface area (Å²) in [5.41, 5.74) is 10.5. The van der Waals surface area contributed by atoms with Gasteiger partial charge in [-0.25, -0.2) is 0 Å². The molecular formula is C10H13N3. The Morgan fingerprint density at radius 2 is 2.23 bits per heavy atom. The second-order valence-electron chi connectivity index (χ2n) is 3.29. The summed E-state index contributed by atoms with van der Waals surface area (Å²) in [5, 5.41) is 3.52. The van der Waals surface area contributed by atoms with E-state index >= 15 is 0 Å². The van der Waals surface area contributed by atoms with Crippen molar-refractivity contribution in [2.75, 3.05) is 0 Å².